The van der Waals surface area contributed by atoms with E-state index >= 15 is 0 Å². The molecule has 0 amide bonds. The van der Waals surface area contributed by atoms with Crippen molar-refractivity contribution >= 4 is 5.82 Å². The maximum Gasteiger partial charge on any atom is 0.132 e. The van der Waals surface area contributed by atoms with Crippen molar-refractivity contribution in [1.82, 2.24) is 9.55 Å². The summed E-state index contributed by atoms with van der Waals surface area (Å²) in [5.41, 5.74) is 9.86. The Bertz CT molecular complexity index is 594. The van der Waals surface area contributed by atoms with E-state index in [9.17, 15) is 0 Å². The zero-order chi connectivity index (χ0) is 13.4. The van der Waals surface area contributed by atoms with Crippen molar-refractivity contribution in [3.8, 4) is 11.3 Å². The van der Waals surface area contributed by atoms with E-state index in [1.54, 1.807) is 0 Å². The summed E-state index contributed by atoms with van der Waals surface area (Å²) in [4.78, 5) is 4.81. The van der Waals surface area contributed by atoms with Crippen LogP contribution in [0.15, 0.2) is 24.3 Å². The van der Waals surface area contributed by atoms with Gasteiger partial charge in [-0.2, -0.15) is 0 Å². The lowest BCUT2D eigenvalue weighted by Gasteiger charge is -2.08. The molecule has 3 nitrogen and oxygen atoms in total. The van der Waals surface area contributed by atoms with Crippen LogP contribution < -0.4 is 5.73 Å². The maximum absolute atomic E-state index is 6.38. The molecule has 0 spiro atoms. The van der Waals surface area contributed by atoms with E-state index in [-0.39, 0.29) is 0 Å². The van der Waals surface area contributed by atoms with Gasteiger partial charge in [0, 0.05) is 18.0 Å². The Kier molecular flexibility index (Phi) is 3.05. The molecule has 1 heterocycles. The van der Waals surface area contributed by atoms with E-state index in [0.29, 0.717) is 6.04 Å². The molecule has 0 unspecified atom stereocenters. The Morgan fingerprint density at radius 2 is 1.95 bits per heavy atom. The Morgan fingerprint density at radius 3 is 2.58 bits per heavy atom. The number of anilines is 1. The van der Waals surface area contributed by atoms with E-state index in [2.05, 4.69) is 42.7 Å². The molecule has 0 saturated heterocycles. The highest BCUT2D eigenvalue weighted by molar-refractivity contribution is 5.74. The lowest BCUT2D eigenvalue weighted by atomic mass is 10.0. The van der Waals surface area contributed by atoms with Crippen LogP contribution in [0.1, 0.15) is 44.1 Å². The first kappa shape index (κ1) is 12.3. The van der Waals surface area contributed by atoms with Gasteiger partial charge in [-0.3, -0.25) is 0 Å². The summed E-state index contributed by atoms with van der Waals surface area (Å²) in [5.74, 6) is 1.97. The van der Waals surface area contributed by atoms with E-state index in [1.807, 2.05) is 0 Å². The number of aryl methyl sites for hydroxylation is 2. The fourth-order valence-electron chi connectivity index (χ4n) is 2.74. The van der Waals surface area contributed by atoms with Gasteiger partial charge in [0.15, 0.2) is 0 Å². The van der Waals surface area contributed by atoms with Gasteiger partial charge >= 0.3 is 0 Å². The molecule has 0 radical (unpaired) electrons. The van der Waals surface area contributed by atoms with Gasteiger partial charge in [-0.15, -0.1) is 0 Å². The lowest BCUT2D eigenvalue weighted by molar-refractivity contribution is 0.696. The highest BCUT2D eigenvalue weighted by Gasteiger charge is 2.29. The third kappa shape index (κ3) is 2.03. The molecule has 1 aromatic carbocycles. The molecular formula is C16H21N3. The first-order valence-corrected chi connectivity index (χ1v) is 7.21. The second kappa shape index (κ2) is 4.72. The molecule has 100 valence electrons. The summed E-state index contributed by atoms with van der Waals surface area (Å²) in [6.45, 7) is 4.32. The minimum absolute atomic E-state index is 0.588. The summed E-state index contributed by atoms with van der Waals surface area (Å²) in [5, 5.41) is 0. The molecule has 3 rings (SSSR count). The van der Waals surface area contributed by atoms with Crippen LogP contribution in [-0.2, 0) is 12.8 Å². The molecule has 0 bridgehead atoms. The number of nitrogen functional groups attached to an aromatic ring is 1. The molecule has 19 heavy (non-hydrogen) atoms. The molecule has 0 aliphatic heterocycles. The van der Waals surface area contributed by atoms with Crippen LogP contribution in [0.3, 0.4) is 0 Å². The van der Waals surface area contributed by atoms with Crippen LogP contribution in [0.4, 0.5) is 5.82 Å². The fourth-order valence-corrected chi connectivity index (χ4v) is 2.74. The predicted molar refractivity (Wildman–Crippen MR) is 79.1 cm³/mol. The van der Waals surface area contributed by atoms with Gasteiger partial charge in [0.25, 0.3) is 0 Å². The van der Waals surface area contributed by atoms with Gasteiger partial charge in [0.05, 0.1) is 0 Å². The second-order valence-electron chi connectivity index (χ2n) is 5.23. The van der Waals surface area contributed by atoms with E-state index in [0.717, 1.165) is 30.2 Å². The number of hydrogen-bond donors (Lipinski definition) is 1. The zero-order valence-corrected chi connectivity index (χ0v) is 11.7. The van der Waals surface area contributed by atoms with Crippen molar-refractivity contribution in [2.75, 3.05) is 5.73 Å². The SMILES string of the molecule is CCc1ccccc1-c1nc(CC)n(C2CC2)c1N. The number of aromatic nitrogens is 2. The van der Waals surface area contributed by atoms with Crippen LogP contribution in [0.25, 0.3) is 11.3 Å². The Balaban J connectivity index is 2.15. The topological polar surface area (TPSA) is 43.8 Å². The highest BCUT2D eigenvalue weighted by Crippen LogP contribution is 2.41. The summed E-state index contributed by atoms with van der Waals surface area (Å²) in [7, 11) is 0. The minimum atomic E-state index is 0.588. The number of nitrogens with two attached hydrogens (primary N) is 1. The fraction of sp³-hybridized carbons (Fsp3) is 0.438. The standard InChI is InChI=1S/C16H21N3/c1-3-11-7-5-6-8-13(11)15-16(17)19(12-9-10-12)14(4-2)18-15/h5-8,12H,3-4,9-10,17H2,1-2H3. The van der Waals surface area contributed by atoms with Gasteiger partial charge in [-0.25, -0.2) is 4.98 Å². The van der Waals surface area contributed by atoms with E-state index in [4.69, 9.17) is 10.7 Å². The van der Waals surface area contributed by atoms with Gasteiger partial charge in [0.1, 0.15) is 17.3 Å². The predicted octanol–water partition coefficient (Wildman–Crippen LogP) is 3.59. The average molecular weight is 255 g/mol. The third-order valence-corrected chi connectivity index (χ3v) is 3.90. The molecule has 1 aliphatic carbocycles. The number of benzene rings is 1. The van der Waals surface area contributed by atoms with Crippen LogP contribution in [0.2, 0.25) is 0 Å². The normalized spacial score (nSPS) is 14.8. The first-order valence-electron chi connectivity index (χ1n) is 7.21. The number of imidazole rings is 1. The van der Waals surface area contributed by atoms with Crippen molar-refractivity contribution < 1.29 is 0 Å². The van der Waals surface area contributed by atoms with Gasteiger partial charge in [-0.1, -0.05) is 38.1 Å². The molecule has 1 aromatic heterocycles. The lowest BCUT2D eigenvalue weighted by Crippen LogP contribution is -2.04. The third-order valence-electron chi connectivity index (χ3n) is 3.90. The summed E-state index contributed by atoms with van der Waals surface area (Å²) in [6.07, 6.45) is 4.42. The van der Waals surface area contributed by atoms with Crippen molar-refractivity contribution in [2.45, 2.75) is 45.6 Å². The minimum Gasteiger partial charge on any atom is -0.383 e. The molecular weight excluding hydrogens is 234 g/mol. The van der Waals surface area contributed by atoms with Crippen LogP contribution in [0, 0.1) is 0 Å². The van der Waals surface area contributed by atoms with Crippen molar-refractivity contribution in [3.63, 3.8) is 0 Å². The van der Waals surface area contributed by atoms with Gasteiger partial charge < -0.3 is 10.3 Å². The molecule has 0 atom stereocenters. The Labute approximate surface area is 114 Å². The summed E-state index contributed by atoms with van der Waals surface area (Å²) >= 11 is 0. The average Bonchev–Trinajstić information content (AvgIpc) is 3.22. The van der Waals surface area contributed by atoms with Crippen LogP contribution in [0.5, 0.6) is 0 Å². The summed E-state index contributed by atoms with van der Waals surface area (Å²) in [6, 6.07) is 9.03. The van der Waals surface area contributed by atoms with Crippen molar-refractivity contribution in [3.05, 3.63) is 35.7 Å². The number of hydrogen-bond acceptors (Lipinski definition) is 2. The van der Waals surface area contributed by atoms with Crippen LogP contribution >= 0.6 is 0 Å². The highest BCUT2D eigenvalue weighted by atomic mass is 15.2. The maximum atomic E-state index is 6.38. The second-order valence-corrected chi connectivity index (χ2v) is 5.23. The number of nitrogens with zero attached hydrogens (tertiary/aromatic N) is 2. The number of rotatable bonds is 4. The summed E-state index contributed by atoms with van der Waals surface area (Å²) < 4.78 is 2.25. The van der Waals surface area contributed by atoms with Crippen LogP contribution in [-0.4, -0.2) is 9.55 Å². The van der Waals surface area contributed by atoms with Gasteiger partial charge in [-0.05, 0) is 24.8 Å². The van der Waals surface area contributed by atoms with Crippen molar-refractivity contribution in [1.29, 1.82) is 0 Å². The molecule has 1 aliphatic rings. The molecule has 1 saturated carbocycles. The van der Waals surface area contributed by atoms with Gasteiger partial charge in [0.2, 0.25) is 0 Å². The largest absolute Gasteiger partial charge is 0.383 e. The molecule has 1 fully saturated rings. The Morgan fingerprint density at radius 1 is 1.21 bits per heavy atom. The smallest absolute Gasteiger partial charge is 0.132 e. The molecule has 2 aromatic rings. The van der Waals surface area contributed by atoms with E-state index in [1.165, 1.54) is 24.0 Å². The van der Waals surface area contributed by atoms with Crippen molar-refractivity contribution in [2.24, 2.45) is 0 Å². The molecule has 2 N–H and O–H groups in total. The zero-order valence-electron chi connectivity index (χ0n) is 11.7. The Hall–Kier alpha value is -1.77. The van der Waals surface area contributed by atoms with E-state index < -0.39 is 0 Å². The monoisotopic (exact) mass is 255 g/mol. The quantitative estimate of drug-likeness (QED) is 0.907. The first-order chi connectivity index (χ1) is 9.26. The molecule has 3 heteroatoms.